The molecule has 0 aromatic heterocycles. The van der Waals surface area contributed by atoms with Crippen LogP contribution in [0.3, 0.4) is 0 Å². The van der Waals surface area contributed by atoms with Gasteiger partial charge in [-0.25, -0.2) is 0 Å². The van der Waals surface area contributed by atoms with Crippen molar-refractivity contribution in [2.75, 3.05) is 7.11 Å². The summed E-state index contributed by atoms with van der Waals surface area (Å²) in [5.74, 6) is 1.46. The summed E-state index contributed by atoms with van der Waals surface area (Å²) in [5, 5.41) is 3.26. The van der Waals surface area contributed by atoms with E-state index in [9.17, 15) is 4.79 Å². The van der Waals surface area contributed by atoms with Gasteiger partial charge in [-0.05, 0) is 56.0 Å². The van der Waals surface area contributed by atoms with Gasteiger partial charge in [-0.15, -0.1) is 0 Å². The molecule has 0 bridgehead atoms. The summed E-state index contributed by atoms with van der Waals surface area (Å²) >= 11 is 0. The molecular formula is C27H29NO3. The maximum atomic E-state index is 13.3. The fourth-order valence-corrected chi connectivity index (χ4v) is 4.21. The Labute approximate surface area is 184 Å². The lowest BCUT2D eigenvalue weighted by atomic mass is 9.89. The summed E-state index contributed by atoms with van der Waals surface area (Å²) in [5.41, 5.74) is 3.66. The third kappa shape index (κ3) is 4.91. The number of hydrogen-bond donors (Lipinski definition) is 1. The number of methoxy groups -OCH3 is 1. The van der Waals surface area contributed by atoms with Crippen LogP contribution < -0.4 is 14.8 Å². The third-order valence-corrected chi connectivity index (χ3v) is 5.77. The minimum Gasteiger partial charge on any atom is -0.497 e. The van der Waals surface area contributed by atoms with E-state index in [2.05, 4.69) is 17.4 Å². The Balaban J connectivity index is 1.55. The van der Waals surface area contributed by atoms with E-state index in [-0.39, 0.29) is 17.6 Å². The molecule has 1 heterocycles. The smallest absolute Gasteiger partial charge is 0.252 e. The number of aryl methyl sites for hydroxylation is 2. The number of carbonyl (C=O) groups is 1. The Morgan fingerprint density at radius 2 is 1.77 bits per heavy atom. The van der Waals surface area contributed by atoms with Crippen molar-refractivity contribution in [3.05, 3.63) is 95.1 Å². The van der Waals surface area contributed by atoms with Gasteiger partial charge in [-0.2, -0.15) is 0 Å². The van der Waals surface area contributed by atoms with Gasteiger partial charge >= 0.3 is 0 Å². The van der Waals surface area contributed by atoms with E-state index in [4.69, 9.17) is 9.47 Å². The molecular weight excluding hydrogens is 386 g/mol. The number of ether oxygens (including phenoxy) is 2. The molecule has 3 aromatic carbocycles. The highest BCUT2D eigenvalue weighted by molar-refractivity contribution is 5.96. The van der Waals surface area contributed by atoms with Gasteiger partial charge < -0.3 is 14.8 Å². The van der Waals surface area contributed by atoms with E-state index in [1.807, 2.05) is 74.5 Å². The molecule has 0 aliphatic carbocycles. The van der Waals surface area contributed by atoms with Gasteiger partial charge in [0.2, 0.25) is 0 Å². The Morgan fingerprint density at radius 3 is 2.55 bits per heavy atom. The largest absolute Gasteiger partial charge is 0.497 e. The van der Waals surface area contributed by atoms with Crippen LogP contribution in [0, 0.1) is 0 Å². The molecule has 4 heteroatoms. The van der Waals surface area contributed by atoms with E-state index in [1.165, 1.54) is 5.56 Å². The number of fused-ring (bicyclic) bond motifs is 1. The van der Waals surface area contributed by atoms with Crippen LogP contribution in [-0.2, 0) is 12.8 Å². The molecule has 1 aliphatic heterocycles. The lowest BCUT2D eigenvalue weighted by Gasteiger charge is -2.38. The second-order valence-corrected chi connectivity index (χ2v) is 8.64. The van der Waals surface area contributed by atoms with Gasteiger partial charge in [0.05, 0.1) is 13.2 Å². The van der Waals surface area contributed by atoms with Crippen molar-refractivity contribution in [3.8, 4) is 11.5 Å². The molecule has 1 N–H and O–H groups in total. The van der Waals surface area contributed by atoms with Crippen LogP contribution >= 0.6 is 0 Å². The Morgan fingerprint density at radius 1 is 1.03 bits per heavy atom. The van der Waals surface area contributed by atoms with Crippen LogP contribution in [0.25, 0.3) is 0 Å². The number of rotatable bonds is 6. The average molecular weight is 416 g/mol. The van der Waals surface area contributed by atoms with Crippen molar-refractivity contribution in [1.82, 2.24) is 5.32 Å². The fraction of sp³-hybridized carbons (Fsp3) is 0.296. The summed E-state index contributed by atoms with van der Waals surface area (Å²) in [6.45, 7) is 4.09. The zero-order valence-corrected chi connectivity index (χ0v) is 18.4. The van der Waals surface area contributed by atoms with Gasteiger partial charge in [0, 0.05) is 23.6 Å². The molecule has 4 nitrogen and oxygen atoms in total. The highest BCUT2D eigenvalue weighted by Crippen LogP contribution is 2.41. The zero-order chi connectivity index (χ0) is 21.8. The third-order valence-electron chi connectivity index (χ3n) is 5.77. The maximum Gasteiger partial charge on any atom is 0.252 e. The van der Waals surface area contributed by atoms with Crippen LogP contribution in [0.15, 0.2) is 72.8 Å². The van der Waals surface area contributed by atoms with Crippen molar-refractivity contribution in [2.45, 2.75) is 44.8 Å². The van der Waals surface area contributed by atoms with Crippen LogP contribution in [0.1, 0.15) is 53.4 Å². The van der Waals surface area contributed by atoms with Crippen LogP contribution in [0.5, 0.6) is 11.5 Å². The first-order valence-electron chi connectivity index (χ1n) is 10.7. The van der Waals surface area contributed by atoms with Crippen LogP contribution in [0.2, 0.25) is 0 Å². The molecule has 1 atom stereocenters. The maximum absolute atomic E-state index is 13.3. The molecule has 1 aliphatic rings. The van der Waals surface area contributed by atoms with Gasteiger partial charge in [0.25, 0.3) is 5.91 Å². The normalized spacial score (nSPS) is 16.7. The van der Waals surface area contributed by atoms with E-state index < -0.39 is 0 Å². The van der Waals surface area contributed by atoms with E-state index in [0.29, 0.717) is 6.42 Å². The van der Waals surface area contributed by atoms with Gasteiger partial charge in [0.1, 0.15) is 17.1 Å². The molecule has 0 saturated heterocycles. The molecule has 3 aromatic rings. The van der Waals surface area contributed by atoms with E-state index in [0.717, 1.165) is 41.0 Å². The summed E-state index contributed by atoms with van der Waals surface area (Å²) in [6, 6.07) is 23.9. The molecule has 0 unspecified atom stereocenters. The molecule has 1 amide bonds. The standard InChI is InChI=1S/C27H29NO3/c1-27(2)18-24(23-16-15-21(30-3)17-25(23)31-27)28-26(29)22-12-8-7-11-20(22)14-13-19-9-5-4-6-10-19/h4-12,15-17,24H,13-14,18H2,1-3H3,(H,28,29)/t24-/m0/s1. The summed E-state index contributed by atoms with van der Waals surface area (Å²) < 4.78 is 11.5. The lowest BCUT2D eigenvalue weighted by molar-refractivity contribution is 0.0617. The zero-order valence-electron chi connectivity index (χ0n) is 18.4. The number of nitrogens with one attached hydrogen (secondary N) is 1. The molecule has 160 valence electrons. The Hall–Kier alpha value is -3.27. The van der Waals surface area contributed by atoms with Crippen LogP contribution in [0.4, 0.5) is 0 Å². The first-order valence-corrected chi connectivity index (χ1v) is 10.7. The van der Waals surface area contributed by atoms with Crippen LogP contribution in [-0.4, -0.2) is 18.6 Å². The van der Waals surface area contributed by atoms with Crippen molar-refractivity contribution < 1.29 is 14.3 Å². The minimum absolute atomic E-state index is 0.0480. The highest BCUT2D eigenvalue weighted by Gasteiger charge is 2.35. The fourth-order valence-electron chi connectivity index (χ4n) is 4.21. The highest BCUT2D eigenvalue weighted by atomic mass is 16.5. The first-order chi connectivity index (χ1) is 14.9. The van der Waals surface area contributed by atoms with Gasteiger partial charge in [-0.3, -0.25) is 4.79 Å². The summed E-state index contributed by atoms with van der Waals surface area (Å²) in [7, 11) is 1.64. The van der Waals surface area contributed by atoms with Crippen molar-refractivity contribution in [2.24, 2.45) is 0 Å². The summed E-state index contributed by atoms with van der Waals surface area (Å²) in [4.78, 5) is 13.3. The van der Waals surface area contributed by atoms with Crippen molar-refractivity contribution in [3.63, 3.8) is 0 Å². The second-order valence-electron chi connectivity index (χ2n) is 8.64. The minimum atomic E-state index is -0.385. The van der Waals surface area contributed by atoms with Gasteiger partial charge in [-0.1, -0.05) is 48.5 Å². The number of carbonyl (C=O) groups excluding carboxylic acids is 1. The molecule has 0 saturated carbocycles. The lowest BCUT2D eigenvalue weighted by Crippen LogP contribution is -2.41. The monoisotopic (exact) mass is 415 g/mol. The first kappa shape index (κ1) is 21.0. The quantitative estimate of drug-likeness (QED) is 0.577. The van der Waals surface area contributed by atoms with E-state index >= 15 is 0 Å². The summed E-state index contributed by atoms with van der Waals surface area (Å²) in [6.07, 6.45) is 2.42. The van der Waals surface area contributed by atoms with Gasteiger partial charge in [0.15, 0.2) is 0 Å². The average Bonchev–Trinajstić information content (AvgIpc) is 2.77. The number of amides is 1. The predicted molar refractivity (Wildman–Crippen MR) is 123 cm³/mol. The molecule has 0 spiro atoms. The van der Waals surface area contributed by atoms with E-state index in [1.54, 1.807) is 7.11 Å². The predicted octanol–water partition coefficient (Wildman–Crippen LogP) is 5.51. The van der Waals surface area contributed by atoms with Crippen molar-refractivity contribution >= 4 is 5.91 Å². The number of benzene rings is 3. The topological polar surface area (TPSA) is 47.6 Å². The second kappa shape index (κ2) is 8.84. The number of hydrogen-bond acceptors (Lipinski definition) is 3. The molecule has 0 fully saturated rings. The molecule has 31 heavy (non-hydrogen) atoms. The Bertz CT molecular complexity index is 1060. The van der Waals surface area contributed by atoms with Crippen molar-refractivity contribution in [1.29, 1.82) is 0 Å². The Kier molecular flexibility index (Phi) is 5.99. The SMILES string of the molecule is COc1ccc2c(c1)OC(C)(C)C[C@@H]2NC(=O)c1ccccc1CCc1ccccc1. The molecule has 4 rings (SSSR count). The molecule has 0 radical (unpaired) electrons.